The summed E-state index contributed by atoms with van der Waals surface area (Å²) in [6.45, 7) is 3.12. The van der Waals surface area contributed by atoms with Gasteiger partial charge in [0.25, 0.3) is 5.91 Å². The molecule has 0 spiro atoms. The molecule has 2 aromatic rings. The van der Waals surface area contributed by atoms with Crippen molar-refractivity contribution in [3.05, 3.63) is 60.2 Å². The van der Waals surface area contributed by atoms with Crippen molar-refractivity contribution < 1.29 is 4.79 Å². The lowest BCUT2D eigenvalue weighted by Gasteiger charge is -2.49. The van der Waals surface area contributed by atoms with Crippen molar-refractivity contribution in [2.75, 3.05) is 16.9 Å². The number of para-hydroxylation sites is 2. The van der Waals surface area contributed by atoms with Gasteiger partial charge in [0.15, 0.2) is 0 Å². The Kier molecular flexibility index (Phi) is 2.86. The molecule has 0 radical (unpaired) electrons. The molecule has 2 heterocycles. The van der Waals surface area contributed by atoms with Crippen LogP contribution in [-0.2, 0) is 0 Å². The van der Waals surface area contributed by atoms with Crippen LogP contribution in [0.1, 0.15) is 30.1 Å². The smallest absolute Gasteiger partial charge is 0.276 e. The summed E-state index contributed by atoms with van der Waals surface area (Å²) >= 11 is 0. The van der Waals surface area contributed by atoms with E-state index in [-0.39, 0.29) is 11.6 Å². The van der Waals surface area contributed by atoms with Crippen molar-refractivity contribution in [3.63, 3.8) is 0 Å². The second-order valence-corrected chi connectivity index (χ2v) is 6.11. The van der Waals surface area contributed by atoms with Crippen LogP contribution < -0.4 is 10.3 Å². The molecule has 2 aliphatic heterocycles. The average molecular weight is 293 g/mol. The fourth-order valence-corrected chi connectivity index (χ4v) is 3.60. The molecule has 1 fully saturated rings. The minimum atomic E-state index is -0.318. The van der Waals surface area contributed by atoms with Crippen molar-refractivity contribution in [1.82, 2.24) is 5.01 Å². The van der Waals surface area contributed by atoms with E-state index in [9.17, 15) is 4.79 Å². The SMILES string of the molecule is CC12CCCN1c1ccccc1C(=O)N2Nc1ccccc1. The van der Waals surface area contributed by atoms with Crippen molar-refractivity contribution >= 4 is 17.3 Å². The Labute approximate surface area is 130 Å². The number of amides is 1. The molecular weight excluding hydrogens is 274 g/mol. The van der Waals surface area contributed by atoms with Crippen molar-refractivity contribution in [1.29, 1.82) is 0 Å². The topological polar surface area (TPSA) is 35.6 Å². The number of carbonyl (C=O) groups is 1. The van der Waals surface area contributed by atoms with E-state index in [0.29, 0.717) is 0 Å². The van der Waals surface area contributed by atoms with Crippen LogP contribution in [0, 0.1) is 0 Å². The van der Waals surface area contributed by atoms with Crippen LogP contribution in [0.15, 0.2) is 54.6 Å². The Morgan fingerprint density at radius 3 is 2.59 bits per heavy atom. The lowest BCUT2D eigenvalue weighted by Crippen LogP contribution is -2.63. The van der Waals surface area contributed by atoms with Gasteiger partial charge in [-0.25, -0.2) is 5.01 Å². The highest BCUT2D eigenvalue weighted by molar-refractivity contribution is 6.03. The summed E-state index contributed by atoms with van der Waals surface area (Å²) < 4.78 is 0. The molecule has 0 aromatic heterocycles. The largest absolute Gasteiger partial charge is 0.347 e. The van der Waals surface area contributed by atoms with Crippen LogP contribution in [0.4, 0.5) is 11.4 Å². The van der Waals surface area contributed by atoms with Gasteiger partial charge in [0.1, 0.15) is 5.66 Å². The van der Waals surface area contributed by atoms with Gasteiger partial charge in [-0.05, 0) is 44.0 Å². The fourth-order valence-electron chi connectivity index (χ4n) is 3.60. The van der Waals surface area contributed by atoms with Gasteiger partial charge in [0, 0.05) is 6.54 Å². The normalized spacial score (nSPS) is 23.2. The number of anilines is 2. The number of hydrazine groups is 1. The van der Waals surface area contributed by atoms with Crippen molar-refractivity contribution in [2.24, 2.45) is 0 Å². The van der Waals surface area contributed by atoms with Gasteiger partial charge in [-0.1, -0.05) is 30.3 Å². The third kappa shape index (κ3) is 1.80. The van der Waals surface area contributed by atoms with Gasteiger partial charge in [-0.15, -0.1) is 0 Å². The molecule has 4 rings (SSSR count). The minimum Gasteiger partial charge on any atom is -0.347 e. The quantitative estimate of drug-likeness (QED) is 0.920. The predicted octanol–water partition coefficient (Wildman–Crippen LogP) is 3.49. The summed E-state index contributed by atoms with van der Waals surface area (Å²) in [5.74, 6) is 0.0418. The summed E-state index contributed by atoms with van der Waals surface area (Å²) in [6.07, 6.45) is 2.05. The molecular formula is C18H19N3O. The molecule has 1 saturated heterocycles. The van der Waals surface area contributed by atoms with Gasteiger partial charge < -0.3 is 4.90 Å². The number of benzene rings is 2. The molecule has 1 N–H and O–H groups in total. The van der Waals surface area contributed by atoms with Crippen LogP contribution >= 0.6 is 0 Å². The van der Waals surface area contributed by atoms with Crippen LogP contribution in [-0.4, -0.2) is 23.1 Å². The number of nitrogens with zero attached hydrogens (tertiary/aromatic N) is 2. The summed E-state index contributed by atoms with van der Waals surface area (Å²) in [7, 11) is 0. The van der Waals surface area contributed by atoms with E-state index in [1.165, 1.54) is 0 Å². The maximum atomic E-state index is 13.0. The molecule has 4 nitrogen and oxygen atoms in total. The molecule has 2 aromatic carbocycles. The molecule has 22 heavy (non-hydrogen) atoms. The van der Waals surface area contributed by atoms with Crippen LogP contribution in [0.25, 0.3) is 0 Å². The first-order valence-corrected chi connectivity index (χ1v) is 7.73. The van der Waals surface area contributed by atoms with Gasteiger partial charge in [-0.3, -0.25) is 10.2 Å². The number of fused-ring (bicyclic) bond motifs is 3. The number of rotatable bonds is 2. The van der Waals surface area contributed by atoms with Gasteiger partial charge >= 0.3 is 0 Å². The maximum absolute atomic E-state index is 13.0. The molecule has 112 valence electrons. The standard InChI is InChI=1S/C18H19N3O/c1-18-12-7-13-20(18)16-11-6-5-10-15(16)17(22)21(18)19-14-8-3-2-4-9-14/h2-6,8-11,19H,7,12-13H2,1H3. The molecule has 4 heteroatoms. The maximum Gasteiger partial charge on any atom is 0.276 e. The van der Waals surface area contributed by atoms with Crippen LogP contribution in [0.5, 0.6) is 0 Å². The first-order valence-electron chi connectivity index (χ1n) is 7.73. The highest BCUT2D eigenvalue weighted by Crippen LogP contribution is 2.43. The second-order valence-electron chi connectivity index (χ2n) is 6.11. The lowest BCUT2D eigenvalue weighted by atomic mass is 10.0. The van der Waals surface area contributed by atoms with E-state index in [1.54, 1.807) is 5.01 Å². The number of hydrogen-bond acceptors (Lipinski definition) is 3. The molecule has 2 aliphatic rings. The van der Waals surface area contributed by atoms with Gasteiger partial charge in [0.05, 0.1) is 16.9 Å². The van der Waals surface area contributed by atoms with Crippen LogP contribution in [0.2, 0.25) is 0 Å². The highest BCUT2D eigenvalue weighted by atomic mass is 16.2. The summed E-state index contributed by atoms with van der Waals surface area (Å²) in [6, 6.07) is 17.8. The highest BCUT2D eigenvalue weighted by Gasteiger charge is 2.49. The first kappa shape index (κ1) is 13.2. The summed E-state index contributed by atoms with van der Waals surface area (Å²) in [5, 5.41) is 1.80. The third-order valence-corrected chi connectivity index (χ3v) is 4.74. The van der Waals surface area contributed by atoms with Crippen molar-refractivity contribution in [3.8, 4) is 0 Å². The van der Waals surface area contributed by atoms with Crippen molar-refractivity contribution in [2.45, 2.75) is 25.4 Å². The van der Waals surface area contributed by atoms with Gasteiger partial charge in [-0.2, -0.15) is 0 Å². The fraction of sp³-hybridized carbons (Fsp3) is 0.278. The number of carbonyl (C=O) groups excluding carboxylic acids is 1. The van der Waals surface area contributed by atoms with Gasteiger partial charge in [0.2, 0.25) is 0 Å². The van der Waals surface area contributed by atoms with E-state index in [0.717, 1.165) is 36.3 Å². The zero-order valence-electron chi connectivity index (χ0n) is 12.6. The first-order chi connectivity index (χ1) is 10.7. The summed E-state index contributed by atoms with van der Waals surface area (Å²) in [5.41, 5.74) is 5.76. The molecule has 0 aliphatic carbocycles. The van der Waals surface area contributed by atoms with E-state index >= 15 is 0 Å². The minimum absolute atomic E-state index is 0.0418. The molecule has 0 bridgehead atoms. The Bertz CT molecular complexity index is 715. The Balaban J connectivity index is 1.79. The predicted molar refractivity (Wildman–Crippen MR) is 87.7 cm³/mol. The monoisotopic (exact) mass is 293 g/mol. The molecule has 0 saturated carbocycles. The van der Waals surface area contributed by atoms with E-state index < -0.39 is 0 Å². The number of hydrogen-bond donors (Lipinski definition) is 1. The molecule has 1 amide bonds. The molecule has 1 unspecified atom stereocenters. The van der Waals surface area contributed by atoms with E-state index in [2.05, 4.69) is 23.3 Å². The Morgan fingerprint density at radius 1 is 1.05 bits per heavy atom. The van der Waals surface area contributed by atoms with E-state index in [1.807, 2.05) is 48.5 Å². The van der Waals surface area contributed by atoms with Crippen LogP contribution in [0.3, 0.4) is 0 Å². The summed E-state index contributed by atoms with van der Waals surface area (Å²) in [4.78, 5) is 15.4. The second kappa shape index (κ2) is 4.77. The number of nitrogens with one attached hydrogen (secondary N) is 1. The Morgan fingerprint density at radius 2 is 1.77 bits per heavy atom. The lowest BCUT2D eigenvalue weighted by molar-refractivity contribution is 0.0580. The van der Waals surface area contributed by atoms with E-state index in [4.69, 9.17) is 0 Å². The zero-order valence-corrected chi connectivity index (χ0v) is 12.6. The molecule has 1 atom stereocenters. The average Bonchev–Trinajstić information content (AvgIpc) is 2.95. The third-order valence-electron chi connectivity index (χ3n) is 4.74. The Hall–Kier alpha value is -2.49. The zero-order chi connectivity index (χ0) is 15.2.